The summed E-state index contributed by atoms with van der Waals surface area (Å²) in [5.74, 6) is 0. The highest BCUT2D eigenvalue weighted by atomic mass is 35.5. The molecule has 1 aromatic rings. The van der Waals surface area contributed by atoms with Crippen molar-refractivity contribution in [2.24, 2.45) is 0 Å². The van der Waals surface area contributed by atoms with Crippen LogP contribution in [0.1, 0.15) is 6.92 Å². The maximum absolute atomic E-state index is 11.0. The number of nitrogens with zero attached hydrogens (tertiary/aromatic N) is 3. The van der Waals surface area contributed by atoms with Crippen LogP contribution < -0.4 is 5.32 Å². The number of hydrogen-bond donors (Lipinski definition) is 1. The molecular formula is C14H21ClN4O2. The molecule has 1 aliphatic rings. The molecule has 2 rings (SSSR count). The molecule has 116 valence electrons. The maximum Gasteiger partial charge on any atom is 0.293 e. The van der Waals surface area contributed by atoms with Gasteiger partial charge in [-0.25, -0.2) is 0 Å². The minimum Gasteiger partial charge on any atom is -0.378 e. The van der Waals surface area contributed by atoms with E-state index < -0.39 is 4.92 Å². The van der Waals surface area contributed by atoms with Crippen LogP contribution in [0.4, 0.5) is 11.4 Å². The Morgan fingerprint density at radius 2 is 2.05 bits per heavy atom. The first-order valence-corrected chi connectivity index (χ1v) is 7.45. The van der Waals surface area contributed by atoms with E-state index in [1.807, 2.05) is 0 Å². The molecule has 1 atom stereocenters. The second kappa shape index (κ2) is 7.06. The van der Waals surface area contributed by atoms with Crippen molar-refractivity contribution >= 4 is 23.0 Å². The van der Waals surface area contributed by atoms with Gasteiger partial charge in [-0.2, -0.15) is 0 Å². The third-order valence-electron chi connectivity index (χ3n) is 3.91. The van der Waals surface area contributed by atoms with Gasteiger partial charge in [-0.15, -0.1) is 0 Å². The van der Waals surface area contributed by atoms with Gasteiger partial charge in [0.05, 0.1) is 4.92 Å². The standard InChI is InChI=1S/C14H21ClN4O2/c1-11(18-7-5-17(2)6-8-18)10-16-13-4-3-12(15)9-14(13)19(20)21/h3-4,9,11,16H,5-8,10H2,1-2H3/t11-/m1/s1. The molecule has 0 unspecified atom stereocenters. The Morgan fingerprint density at radius 3 is 2.67 bits per heavy atom. The first kappa shape index (κ1) is 16.0. The average molecular weight is 313 g/mol. The predicted octanol–water partition coefficient (Wildman–Crippen LogP) is 2.30. The number of anilines is 1. The molecule has 0 radical (unpaired) electrons. The summed E-state index contributed by atoms with van der Waals surface area (Å²) in [7, 11) is 2.12. The number of likely N-dealkylation sites (N-methyl/N-ethyl adjacent to an activating group) is 1. The first-order chi connectivity index (χ1) is 9.97. The lowest BCUT2D eigenvalue weighted by atomic mass is 10.2. The summed E-state index contributed by atoms with van der Waals surface area (Å²) in [5.41, 5.74) is 0.540. The summed E-state index contributed by atoms with van der Waals surface area (Å²) in [6.07, 6.45) is 0. The van der Waals surface area contributed by atoms with Crippen molar-refractivity contribution in [3.8, 4) is 0 Å². The van der Waals surface area contributed by atoms with Crippen LogP contribution in [0.5, 0.6) is 0 Å². The molecule has 0 saturated carbocycles. The SMILES string of the molecule is C[C@H](CNc1ccc(Cl)cc1[N+](=O)[O-])N1CCN(C)CC1. The summed E-state index contributed by atoms with van der Waals surface area (Å²) in [4.78, 5) is 15.3. The summed E-state index contributed by atoms with van der Waals surface area (Å²) in [5, 5.41) is 14.6. The molecule has 6 nitrogen and oxygen atoms in total. The lowest BCUT2D eigenvalue weighted by Gasteiger charge is -2.36. The summed E-state index contributed by atoms with van der Waals surface area (Å²) >= 11 is 5.81. The number of nitro groups is 1. The fraction of sp³-hybridized carbons (Fsp3) is 0.571. The molecule has 1 fully saturated rings. The van der Waals surface area contributed by atoms with Crippen LogP contribution in [-0.4, -0.2) is 60.5 Å². The smallest absolute Gasteiger partial charge is 0.293 e. The van der Waals surface area contributed by atoms with Crippen molar-refractivity contribution in [3.05, 3.63) is 33.3 Å². The van der Waals surface area contributed by atoms with Crippen molar-refractivity contribution in [2.75, 3.05) is 45.1 Å². The summed E-state index contributed by atoms with van der Waals surface area (Å²) < 4.78 is 0. The van der Waals surface area contributed by atoms with Crippen molar-refractivity contribution in [1.29, 1.82) is 0 Å². The van der Waals surface area contributed by atoms with E-state index >= 15 is 0 Å². The molecule has 0 amide bonds. The van der Waals surface area contributed by atoms with Gasteiger partial charge in [0.25, 0.3) is 5.69 Å². The molecule has 7 heteroatoms. The van der Waals surface area contributed by atoms with Gasteiger partial charge in [-0.3, -0.25) is 15.0 Å². The molecule has 1 saturated heterocycles. The second-order valence-corrected chi connectivity index (χ2v) is 5.92. The molecule has 1 aromatic carbocycles. The van der Waals surface area contributed by atoms with E-state index in [0.29, 0.717) is 23.3 Å². The van der Waals surface area contributed by atoms with E-state index in [1.54, 1.807) is 12.1 Å². The molecule has 1 aliphatic heterocycles. The first-order valence-electron chi connectivity index (χ1n) is 7.08. The minimum atomic E-state index is -0.408. The van der Waals surface area contributed by atoms with Crippen LogP contribution in [0.15, 0.2) is 18.2 Å². The van der Waals surface area contributed by atoms with Crippen LogP contribution in [0, 0.1) is 10.1 Å². The average Bonchev–Trinajstić information content (AvgIpc) is 2.46. The Morgan fingerprint density at radius 1 is 1.38 bits per heavy atom. The Bertz CT molecular complexity index is 504. The number of rotatable bonds is 5. The van der Waals surface area contributed by atoms with E-state index in [9.17, 15) is 10.1 Å². The van der Waals surface area contributed by atoms with E-state index in [2.05, 4.69) is 29.1 Å². The highest BCUT2D eigenvalue weighted by Gasteiger charge is 2.20. The third kappa shape index (κ3) is 4.30. The quantitative estimate of drug-likeness (QED) is 0.667. The second-order valence-electron chi connectivity index (χ2n) is 5.49. The van der Waals surface area contributed by atoms with Gasteiger partial charge in [-0.1, -0.05) is 11.6 Å². The zero-order valence-corrected chi connectivity index (χ0v) is 13.1. The summed E-state index contributed by atoms with van der Waals surface area (Å²) in [6, 6.07) is 5.04. The van der Waals surface area contributed by atoms with Gasteiger partial charge in [0, 0.05) is 49.9 Å². The van der Waals surface area contributed by atoms with Crippen LogP contribution in [-0.2, 0) is 0 Å². The fourth-order valence-electron chi connectivity index (χ4n) is 2.45. The van der Waals surface area contributed by atoms with Gasteiger partial charge < -0.3 is 10.2 Å². The van der Waals surface area contributed by atoms with Crippen molar-refractivity contribution in [3.63, 3.8) is 0 Å². The highest BCUT2D eigenvalue weighted by Crippen LogP contribution is 2.27. The molecule has 0 aliphatic carbocycles. The molecular weight excluding hydrogens is 292 g/mol. The monoisotopic (exact) mass is 312 g/mol. The van der Waals surface area contributed by atoms with E-state index in [0.717, 1.165) is 26.2 Å². The zero-order valence-electron chi connectivity index (χ0n) is 12.4. The lowest BCUT2D eigenvalue weighted by Crippen LogP contribution is -2.49. The number of hydrogen-bond acceptors (Lipinski definition) is 5. The maximum atomic E-state index is 11.0. The molecule has 21 heavy (non-hydrogen) atoms. The fourth-order valence-corrected chi connectivity index (χ4v) is 2.62. The highest BCUT2D eigenvalue weighted by molar-refractivity contribution is 6.30. The zero-order chi connectivity index (χ0) is 15.4. The lowest BCUT2D eigenvalue weighted by molar-refractivity contribution is -0.383. The van der Waals surface area contributed by atoms with Gasteiger partial charge in [0.15, 0.2) is 0 Å². The molecule has 0 spiro atoms. The number of benzene rings is 1. The van der Waals surface area contributed by atoms with Crippen LogP contribution in [0.25, 0.3) is 0 Å². The number of piperazine rings is 1. The molecule has 0 aromatic heterocycles. The van der Waals surface area contributed by atoms with Crippen molar-refractivity contribution in [2.45, 2.75) is 13.0 Å². The topological polar surface area (TPSA) is 61.7 Å². The number of nitrogens with one attached hydrogen (secondary N) is 1. The van der Waals surface area contributed by atoms with Crippen molar-refractivity contribution < 1.29 is 4.92 Å². The third-order valence-corrected chi connectivity index (χ3v) is 4.14. The number of nitro benzene ring substituents is 1. The molecule has 0 bridgehead atoms. The van der Waals surface area contributed by atoms with Crippen LogP contribution in [0.2, 0.25) is 5.02 Å². The van der Waals surface area contributed by atoms with Gasteiger partial charge in [-0.05, 0) is 26.1 Å². The van der Waals surface area contributed by atoms with Gasteiger partial charge >= 0.3 is 0 Å². The summed E-state index contributed by atoms with van der Waals surface area (Å²) in [6.45, 7) is 6.99. The van der Waals surface area contributed by atoms with E-state index in [-0.39, 0.29) is 5.69 Å². The normalized spacial score (nSPS) is 18.4. The largest absolute Gasteiger partial charge is 0.378 e. The molecule has 1 heterocycles. The van der Waals surface area contributed by atoms with Gasteiger partial charge in [0.2, 0.25) is 0 Å². The number of halogens is 1. The Balaban J connectivity index is 1.95. The molecule has 1 N–H and O–H groups in total. The van der Waals surface area contributed by atoms with Crippen LogP contribution in [0.3, 0.4) is 0 Å². The van der Waals surface area contributed by atoms with Crippen molar-refractivity contribution in [1.82, 2.24) is 9.80 Å². The van der Waals surface area contributed by atoms with Crippen LogP contribution >= 0.6 is 11.6 Å². The Labute approximate surface area is 129 Å². The van der Waals surface area contributed by atoms with E-state index in [1.165, 1.54) is 6.07 Å². The van der Waals surface area contributed by atoms with Gasteiger partial charge in [0.1, 0.15) is 5.69 Å². The van der Waals surface area contributed by atoms with E-state index in [4.69, 9.17) is 11.6 Å². The minimum absolute atomic E-state index is 0.0214. The predicted molar refractivity (Wildman–Crippen MR) is 85.1 cm³/mol. The Kier molecular flexibility index (Phi) is 5.39. The Hall–Kier alpha value is -1.37.